The maximum Gasteiger partial charge on any atom is 0.345 e. The van der Waals surface area contributed by atoms with Gasteiger partial charge in [0.1, 0.15) is 4.88 Å². The lowest BCUT2D eigenvalue weighted by Crippen LogP contribution is -2.49. The molecule has 0 bridgehead atoms. The summed E-state index contributed by atoms with van der Waals surface area (Å²) in [6.07, 6.45) is 2.71. The Morgan fingerprint density at radius 1 is 1.15 bits per heavy atom. The smallest absolute Gasteiger partial charge is 0.345 e. The number of carboxylic acids is 1. The van der Waals surface area contributed by atoms with Crippen molar-refractivity contribution in [3.8, 4) is 0 Å². The van der Waals surface area contributed by atoms with Crippen LogP contribution in [0.5, 0.6) is 0 Å². The average molecular weight is 294 g/mol. The number of piperazine rings is 1. The van der Waals surface area contributed by atoms with Gasteiger partial charge >= 0.3 is 5.97 Å². The number of carboxylic acid groups (broad SMARTS) is 1. The first-order valence-electron chi connectivity index (χ1n) is 6.98. The molecule has 1 aliphatic heterocycles. The summed E-state index contributed by atoms with van der Waals surface area (Å²) in [6.45, 7) is 4.51. The van der Waals surface area contributed by atoms with E-state index in [-0.39, 0.29) is 10.8 Å². The Morgan fingerprint density at radius 2 is 1.80 bits per heavy atom. The monoisotopic (exact) mass is 294 g/mol. The van der Waals surface area contributed by atoms with Gasteiger partial charge in [-0.15, -0.1) is 11.3 Å². The van der Waals surface area contributed by atoms with Gasteiger partial charge in [-0.3, -0.25) is 9.69 Å². The molecule has 2 heterocycles. The van der Waals surface area contributed by atoms with E-state index in [1.807, 2.05) is 4.90 Å². The van der Waals surface area contributed by atoms with Crippen LogP contribution in [0.1, 0.15) is 32.2 Å². The predicted octanol–water partition coefficient (Wildman–Crippen LogP) is 1.61. The predicted molar refractivity (Wildman–Crippen MR) is 76.3 cm³/mol. The molecule has 1 amide bonds. The van der Waals surface area contributed by atoms with E-state index >= 15 is 0 Å². The van der Waals surface area contributed by atoms with E-state index in [9.17, 15) is 9.59 Å². The molecule has 0 unspecified atom stereocenters. The summed E-state index contributed by atoms with van der Waals surface area (Å²) in [5.74, 6) is -0.121. The van der Waals surface area contributed by atoms with Gasteiger partial charge in [0.2, 0.25) is 0 Å². The second-order valence-corrected chi connectivity index (χ2v) is 6.59. The molecule has 0 radical (unpaired) electrons. The molecule has 2 fully saturated rings. The molecule has 0 atom stereocenters. The third kappa shape index (κ3) is 3.02. The van der Waals surface area contributed by atoms with E-state index < -0.39 is 5.97 Å². The molecular formula is C14H18N2O3S. The molecule has 0 spiro atoms. The van der Waals surface area contributed by atoms with Gasteiger partial charge in [0.25, 0.3) is 5.91 Å². The number of carbonyl (C=O) groups excluding carboxylic acids is 1. The molecule has 1 N–H and O–H groups in total. The van der Waals surface area contributed by atoms with Crippen LogP contribution in [0.15, 0.2) is 12.1 Å². The molecule has 1 saturated heterocycles. The van der Waals surface area contributed by atoms with Crippen molar-refractivity contribution in [1.29, 1.82) is 0 Å². The zero-order valence-electron chi connectivity index (χ0n) is 11.2. The first-order valence-corrected chi connectivity index (χ1v) is 7.80. The van der Waals surface area contributed by atoms with Crippen molar-refractivity contribution in [2.75, 3.05) is 32.7 Å². The second-order valence-electron chi connectivity index (χ2n) is 5.51. The van der Waals surface area contributed by atoms with Crippen molar-refractivity contribution in [2.24, 2.45) is 5.92 Å². The second kappa shape index (κ2) is 5.54. The van der Waals surface area contributed by atoms with Crippen molar-refractivity contribution in [3.05, 3.63) is 21.9 Å². The van der Waals surface area contributed by atoms with Gasteiger partial charge in [-0.1, -0.05) is 0 Å². The molecule has 1 aliphatic carbocycles. The third-order valence-electron chi connectivity index (χ3n) is 3.90. The van der Waals surface area contributed by atoms with Gasteiger partial charge < -0.3 is 10.0 Å². The summed E-state index contributed by atoms with van der Waals surface area (Å²) in [5.41, 5.74) is 0. The highest BCUT2D eigenvalue weighted by Crippen LogP contribution is 2.30. The number of nitrogens with zero attached hydrogens (tertiary/aromatic N) is 2. The fourth-order valence-corrected chi connectivity index (χ4v) is 3.34. The van der Waals surface area contributed by atoms with E-state index in [1.54, 1.807) is 6.07 Å². The number of rotatable bonds is 4. The molecule has 1 aromatic rings. The fraction of sp³-hybridized carbons (Fsp3) is 0.571. The van der Waals surface area contributed by atoms with Crippen LogP contribution in [0.4, 0.5) is 0 Å². The molecule has 5 nitrogen and oxygen atoms in total. The Bertz CT molecular complexity index is 516. The van der Waals surface area contributed by atoms with Gasteiger partial charge in [0.15, 0.2) is 0 Å². The van der Waals surface area contributed by atoms with E-state index in [4.69, 9.17) is 5.11 Å². The summed E-state index contributed by atoms with van der Waals surface area (Å²) >= 11 is 1.06. The van der Waals surface area contributed by atoms with E-state index in [1.165, 1.54) is 25.5 Å². The van der Waals surface area contributed by atoms with Gasteiger partial charge in [-0.2, -0.15) is 0 Å². The topological polar surface area (TPSA) is 60.9 Å². The number of thiophene rings is 1. The van der Waals surface area contributed by atoms with E-state index in [0.29, 0.717) is 4.88 Å². The van der Waals surface area contributed by atoms with Crippen molar-refractivity contribution < 1.29 is 14.7 Å². The highest BCUT2D eigenvalue weighted by Gasteiger charge is 2.28. The first-order chi connectivity index (χ1) is 9.63. The lowest BCUT2D eigenvalue weighted by Gasteiger charge is -2.34. The molecule has 108 valence electrons. The largest absolute Gasteiger partial charge is 0.477 e. The maximum atomic E-state index is 12.3. The van der Waals surface area contributed by atoms with Crippen molar-refractivity contribution in [1.82, 2.24) is 9.80 Å². The van der Waals surface area contributed by atoms with Crippen LogP contribution in [0.3, 0.4) is 0 Å². The summed E-state index contributed by atoms with van der Waals surface area (Å²) in [6, 6.07) is 3.12. The van der Waals surface area contributed by atoms with Crippen LogP contribution in [-0.2, 0) is 0 Å². The number of hydrogen-bond acceptors (Lipinski definition) is 4. The summed E-state index contributed by atoms with van der Waals surface area (Å²) in [5, 5.41) is 8.89. The lowest BCUT2D eigenvalue weighted by atomic mass is 10.2. The Labute approximate surface area is 121 Å². The van der Waals surface area contributed by atoms with Crippen LogP contribution >= 0.6 is 11.3 Å². The molecule has 2 aliphatic rings. The highest BCUT2D eigenvalue weighted by molar-refractivity contribution is 7.15. The third-order valence-corrected chi connectivity index (χ3v) is 4.96. The van der Waals surface area contributed by atoms with Gasteiger partial charge in [-0.05, 0) is 30.9 Å². The first kappa shape index (κ1) is 13.6. The van der Waals surface area contributed by atoms with Gasteiger partial charge in [-0.25, -0.2) is 4.79 Å². The maximum absolute atomic E-state index is 12.3. The van der Waals surface area contributed by atoms with Gasteiger partial charge in [0.05, 0.1) is 4.88 Å². The van der Waals surface area contributed by atoms with Crippen molar-refractivity contribution in [2.45, 2.75) is 12.8 Å². The van der Waals surface area contributed by atoms with Crippen LogP contribution in [-0.4, -0.2) is 59.5 Å². The van der Waals surface area contributed by atoms with Crippen molar-refractivity contribution in [3.63, 3.8) is 0 Å². The van der Waals surface area contributed by atoms with Crippen molar-refractivity contribution >= 4 is 23.2 Å². The Balaban J connectivity index is 1.56. The molecular weight excluding hydrogens is 276 g/mol. The fourth-order valence-electron chi connectivity index (χ4n) is 2.52. The van der Waals surface area contributed by atoms with Crippen LogP contribution in [0.2, 0.25) is 0 Å². The van der Waals surface area contributed by atoms with Gasteiger partial charge in [0, 0.05) is 32.7 Å². The molecule has 0 aromatic carbocycles. The minimum atomic E-state index is -0.969. The SMILES string of the molecule is O=C(O)c1ccc(C(=O)N2CCN(CC3CC3)CC2)s1. The number of amides is 1. The van der Waals surface area contributed by atoms with E-state index in [0.717, 1.165) is 43.4 Å². The Kier molecular flexibility index (Phi) is 3.76. The molecule has 1 aromatic heterocycles. The minimum Gasteiger partial charge on any atom is -0.477 e. The average Bonchev–Trinajstić information content (AvgIpc) is 3.11. The number of carbonyl (C=O) groups is 2. The number of aromatic carboxylic acids is 1. The molecule has 1 saturated carbocycles. The molecule has 6 heteroatoms. The summed E-state index contributed by atoms with van der Waals surface area (Å²) in [4.78, 5) is 28.2. The van der Waals surface area contributed by atoms with Crippen LogP contribution < -0.4 is 0 Å². The Hall–Kier alpha value is -1.40. The van der Waals surface area contributed by atoms with E-state index in [2.05, 4.69) is 4.90 Å². The van der Waals surface area contributed by atoms with Crippen LogP contribution in [0, 0.1) is 5.92 Å². The normalized spacial score (nSPS) is 20.1. The lowest BCUT2D eigenvalue weighted by molar-refractivity contribution is 0.0636. The highest BCUT2D eigenvalue weighted by atomic mass is 32.1. The number of hydrogen-bond donors (Lipinski definition) is 1. The quantitative estimate of drug-likeness (QED) is 0.916. The summed E-state index contributed by atoms with van der Waals surface area (Å²) < 4.78 is 0. The zero-order chi connectivity index (χ0) is 14.1. The standard InChI is InChI=1S/C14H18N2O3S/c17-13(11-3-4-12(20-11)14(18)19)16-7-5-15(6-8-16)9-10-1-2-10/h3-4,10H,1-2,5-9H2,(H,18,19). The Morgan fingerprint density at radius 3 is 2.35 bits per heavy atom. The molecule has 3 rings (SSSR count). The zero-order valence-corrected chi connectivity index (χ0v) is 12.1. The van der Waals surface area contributed by atoms with Crippen LogP contribution in [0.25, 0.3) is 0 Å². The summed E-state index contributed by atoms with van der Waals surface area (Å²) in [7, 11) is 0. The minimum absolute atomic E-state index is 0.0337. The molecule has 20 heavy (non-hydrogen) atoms.